The Morgan fingerprint density at radius 1 is 1.03 bits per heavy atom. The van der Waals surface area contributed by atoms with Crippen LogP contribution in [0.1, 0.15) is 11.1 Å². The van der Waals surface area contributed by atoms with Crippen LogP contribution in [0, 0.1) is 6.92 Å². The number of nitrogens with one attached hydrogen (secondary N) is 3. The Bertz CT molecular complexity index is 977. The highest BCUT2D eigenvalue weighted by Gasteiger charge is 2.14. The molecular weight excluding hydrogens is 416 g/mol. The Morgan fingerprint density at radius 2 is 1.81 bits per heavy atom. The maximum atomic E-state index is 12.3. The number of amides is 3. The van der Waals surface area contributed by atoms with Gasteiger partial charge in [0, 0.05) is 24.9 Å². The van der Waals surface area contributed by atoms with Gasteiger partial charge >= 0.3 is 11.8 Å². The molecule has 0 unspecified atom stereocenters. The van der Waals surface area contributed by atoms with Gasteiger partial charge in [-0.2, -0.15) is 5.10 Å². The molecule has 3 N–H and O–H groups in total. The third kappa shape index (κ3) is 7.40. The Balaban J connectivity index is 2.01. The van der Waals surface area contributed by atoms with Crippen molar-refractivity contribution in [2.24, 2.45) is 5.10 Å². The van der Waals surface area contributed by atoms with Crippen molar-refractivity contribution in [3.8, 4) is 11.5 Å². The zero-order valence-corrected chi connectivity index (χ0v) is 18.1. The number of carbonyl (C=O) groups excluding carboxylic acids is 3. The molecule has 2 aromatic carbocycles. The lowest BCUT2D eigenvalue weighted by atomic mass is 10.2. The fourth-order valence-corrected chi connectivity index (χ4v) is 2.54. The highest BCUT2D eigenvalue weighted by Crippen LogP contribution is 2.30. The summed E-state index contributed by atoms with van der Waals surface area (Å²) in [6, 6.07) is 12.4. The summed E-state index contributed by atoms with van der Waals surface area (Å²) in [4.78, 5) is 35.7. The molecule has 0 heterocycles. The molecule has 0 aliphatic heterocycles. The van der Waals surface area contributed by atoms with Crippen molar-refractivity contribution in [3.63, 3.8) is 0 Å². The van der Waals surface area contributed by atoms with Crippen molar-refractivity contribution in [3.05, 3.63) is 53.6 Å². The lowest BCUT2D eigenvalue weighted by molar-refractivity contribution is -0.139. The number of hydrogen-bond acceptors (Lipinski definition) is 7. The summed E-state index contributed by atoms with van der Waals surface area (Å²) in [7, 11) is 2.94. The number of aryl methyl sites for hydroxylation is 1. The van der Waals surface area contributed by atoms with Gasteiger partial charge in [-0.05, 0) is 30.7 Å². The second-order valence-electron chi connectivity index (χ2n) is 6.48. The van der Waals surface area contributed by atoms with E-state index in [2.05, 4.69) is 21.2 Å². The van der Waals surface area contributed by atoms with Gasteiger partial charge in [-0.15, -0.1) is 0 Å². The summed E-state index contributed by atoms with van der Waals surface area (Å²) in [6.07, 6.45) is 1.29. The predicted molar refractivity (Wildman–Crippen MR) is 119 cm³/mol. The summed E-state index contributed by atoms with van der Waals surface area (Å²) in [5.41, 5.74) is 4.18. The number of ether oxygens (including phenoxy) is 3. The molecule has 10 nitrogen and oxygen atoms in total. The quantitative estimate of drug-likeness (QED) is 0.220. The first-order valence-corrected chi connectivity index (χ1v) is 9.71. The van der Waals surface area contributed by atoms with E-state index in [1.807, 2.05) is 25.1 Å². The standard InChI is InChI=1S/C22H26N4O6/c1-15-7-4-5-9-17(15)25-19(27)14-32-20-16(8-6-10-18(20)31-3)13-24-26-22(29)21(28)23-11-12-30-2/h4-10,13H,11-12,14H2,1-3H3,(H,23,28)(H,25,27)(H,26,29)/b24-13-. The summed E-state index contributed by atoms with van der Waals surface area (Å²) >= 11 is 0. The molecule has 0 radical (unpaired) electrons. The normalized spacial score (nSPS) is 10.5. The van der Waals surface area contributed by atoms with Gasteiger partial charge < -0.3 is 24.8 Å². The molecule has 2 aromatic rings. The van der Waals surface area contributed by atoms with E-state index in [0.717, 1.165) is 5.56 Å². The average Bonchev–Trinajstić information content (AvgIpc) is 2.79. The molecule has 3 amide bonds. The van der Waals surface area contributed by atoms with Crippen LogP contribution >= 0.6 is 0 Å². The van der Waals surface area contributed by atoms with E-state index in [-0.39, 0.29) is 31.4 Å². The smallest absolute Gasteiger partial charge is 0.329 e. The number of hydrazone groups is 1. The topological polar surface area (TPSA) is 127 Å². The summed E-state index contributed by atoms with van der Waals surface area (Å²) in [5.74, 6) is -1.48. The zero-order valence-electron chi connectivity index (χ0n) is 18.1. The van der Waals surface area contributed by atoms with E-state index in [1.54, 1.807) is 24.3 Å². The molecular formula is C22H26N4O6. The van der Waals surface area contributed by atoms with Crippen LogP contribution in [0.2, 0.25) is 0 Å². The van der Waals surface area contributed by atoms with Crippen LogP contribution in [0.3, 0.4) is 0 Å². The lowest BCUT2D eigenvalue weighted by Crippen LogP contribution is -2.39. The first kappa shape index (κ1) is 24.4. The van der Waals surface area contributed by atoms with E-state index < -0.39 is 11.8 Å². The van der Waals surface area contributed by atoms with Gasteiger partial charge in [0.05, 0.1) is 19.9 Å². The van der Waals surface area contributed by atoms with E-state index >= 15 is 0 Å². The van der Waals surface area contributed by atoms with Crippen LogP contribution in [0.5, 0.6) is 11.5 Å². The van der Waals surface area contributed by atoms with Crippen LogP contribution in [-0.4, -0.2) is 57.9 Å². The molecule has 0 bridgehead atoms. The van der Waals surface area contributed by atoms with E-state index in [9.17, 15) is 14.4 Å². The van der Waals surface area contributed by atoms with Gasteiger partial charge in [-0.1, -0.05) is 24.3 Å². The Hall–Kier alpha value is -3.92. The summed E-state index contributed by atoms with van der Waals surface area (Å²) < 4.78 is 15.8. The van der Waals surface area contributed by atoms with Gasteiger partial charge in [0.2, 0.25) is 0 Å². The Kier molecular flexibility index (Phi) is 9.67. The van der Waals surface area contributed by atoms with Crippen molar-refractivity contribution in [2.75, 3.05) is 39.3 Å². The van der Waals surface area contributed by atoms with Gasteiger partial charge in [0.15, 0.2) is 18.1 Å². The van der Waals surface area contributed by atoms with Crippen LogP contribution in [-0.2, 0) is 19.1 Å². The first-order chi connectivity index (χ1) is 15.5. The minimum Gasteiger partial charge on any atom is -0.493 e. The molecule has 0 saturated heterocycles. The predicted octanol–water partition coefficient (Wildman–Crippen LogP) is 1.23. The summed E-state index contributed by atoms with van der Waals surface area (Å²) in [6.45, 7) is 2.09. The third-order valence-corrected chi connectivity index (χ3v) is 4.16. The fraction of sp³-hybridized carbons (Fsp3) is 0.273. The molecule has 0 fully saturated rings. The van der Waals surface area contributed by atoms with Gasteiger partial charge in [-0.3, -0.25) is 14.4 Å². The van der Waals surface area contributed by atoms with Crippen molar-refractivity contribution in [2.45, 2.75) is 6.92 Å². The number of para-hydroxylation sites is 2. The molecule has 0 spiro atoms. The maximum absolute atomic E-state index is 12.3. The van der Waals surface area contributed by atoms with Crippen LogP contribution in [0.15, 0.2) is 47.6 Å². The minimum atomic E-state index is -0.930. The zero-order chi connectivity index (χ0) is 23.3. The maximum Gasteiger partial charge on any atom is 0.329 e. The van der Waals surface area contributed by atoms with E-state index in [0.29, 0.717) is 17.0 Å². The molecule has 0 aliphatic carbocycles. The fourth-order valence-electron chi connectivity index (χ4n) is 2.54. The molecule has 32 heavy (non-hydrogen) atoms. The minimum absolute atomic E-state index is 0.199. The SMILES string of the molecule is COCCNC(=O)C(=O)N/N=C\c1cccc(OC)c1OCC(=O)Nc1ccccc1C. The molecule has 10 heteroatoms. The second kappa shape index (κ2) is 12.7. The number of carbonyl (C=O) groups is 3. The summed E-state index contributed by atoms with van der Waals surface area (Å²) in [5, 5.41) is 8.94. The monoisotopic (exact) mass is 442 g/mol. The number of methoxy groups -OCH3 is 2. The van der Waals surface area contributed by atoms with Crippen molar-refractivity contribution >= 4 is 29.6 Å². The lowest BCUT2D eigenvalue weighted by Gasteiger charge is -2.13. The van der Waals surface area contributed by atoms with E-state index in [1.165, 1.54) is 20.4 Å². The van der Waals surface area contributed by atoms with Crippen molar-refractivity contribution < 1.29 is 28.6 Å². The number of nitrogens with zero attached hydrogens (tertiary/aromatic N) is 1. The van der Waals surface area contributed by atoms with Gasteiger partial charge in [0.25, 0.3) is 5.91 Å². The first-order valence-electron chi connectivity index (χ1n) is 9.71. The Labute approximate surface area is 185 Å². The molecule has 0 atom stereocenters. The molecule has 2 rings (SSSR count). The van der Waals surface area contributed by atoms with Crippen LogP contribution in [0.4, 0.5) is 5.69 Å². The largest absolute Gasteiger partial charge is 0.493 e. The second-order valence-corrected chi connectivity index (χ2v) is 6.48. The van der Waals surface area contributed by atoms with Crippen LogP contribution < -0.4 is 25.5 Å². The third-order valence-electron chi connectivity index (χ3n) is 4.16. The van der Waals surface area contributed by atoms with Crippen LogP contribution in [0.25, 0.3) is 0 Å². The van der Waals surface area contributed by atoms with Gasteiger partial charge in [-0.25, -0.2) is 5.43 Å². The molecule has 0 aromatic heterocycles. The molecule has 170 valence electrons. The average molecular weight is 442 g/mol. The molecule has 0 saturated carbocycles. The highest BCUT2D eigenvalue weighted by atomic mass is 16.5. The van der Waals surface area contributed by atoms with E-state index in [4.69, 9.17) is 14.2 Å². The van der Waals surface area contributed by atoms with Crippen molar-refractivity contribution in [1.29, 1.82) is 0 Å². The van der Waals surface area contributed by atoms with Gasteiger partial charge in [0.1, 0.15) is 0 Å². The Morgan fingerprint density at radius 3 is 2.53 bits per heavy atom. The number of rotatable bonds is 10. The highest BCUT2D eigenvalue weighted by molar-refractivity contribution is 6.35. The number of benzene rings is 2. The number of hydrogen-bond donors (Lipinski definition) is 3. The van der Waals surface area contributed by atoms with Crippen molar-refractivity contribution in [1.82, 2.24) is 10.7 Å². The molecule has 0 aliphatic rings. The number of anilines is 1.